The minimum absolute atomic E-state index is 0.435. The van der Waals surface area contributed by atoms with Crippen molar-refractivity contribution in [3.63, 3.8) is 0 Å². The molecular weight excluding hydrogens is 484 g/mol. The topological polar surface area (TPSA) is 24.4 Å². The van der Waals surface area contributed by atoms with Crippen molar-refractivity contribution >= 4 is 17.6 Å². The molecule has 0 spiro atoms. The molecular formula is C38H48N2. The van der Waals surface area contributed by atoms with Crippen LogP contribution >= 0.6 is 0 Å². The van der Waals surface area contributed by atoms with Crippen molar-refractivity contribution in [3.8, 4) is 0 Å². The van der Waals surface area contributed by atoms with Gasteiger partial charge in [-0.2, -0.15) is 0 Å². The van der Waals surface area contributed by atoms with E-state index in [-0.39, 0.29) is 0 Å². The van der Waals surface area contributed by atoms with Crippen LogP contribution in [0.5, 0.6) is 0 Å². The molecule has 4 rings (SSSR count). The standard InChI is InChI=1S/C31H40N2.C7H8/c1-20(2)26-14-10-15-27(21(3)4)30(26)32-18-24-12-9-13-25(24)19-33-31-28(22(5)6)16-11-17-29(31)23(7)8;1-7-5-3-2-4-6-7/h9-23,32H,1-8H3;2-6H,1H3/b24-18-,33-19?;. The molecule has 0 fully saturated rings. The van der Waals surface area contributed by atoms with Gasteiger partial charge in [0.1, 0.15) is 0 Å². The normalized spacial score (nSPS) is 14.0. The summed E-state index contributed by atoms with van der Waals surface area (Å²) in [5, 5.41) is 3.66. The highest BCUT2D eigenvalue weighted by Crippen LogP contribution is 2.36. The number of para-hydroxylation sites is 2. The maximum absolute atomic E-state index is 5.03. The van der Waals surface area contributed by atoms with Crippen molar-refractivity contribution < 1.29 is 0 Å². The highest BCUT2D eigenvalue weighted by Gasteiger charge is 2.15. The van der Waals surface area contributed by atoms with E-state index in [0.717, 1.165) is 16.8 Å². The third-order valence-electron chi connectivity index (χ3n) is 7.25. The molecule has 0 amide bonds. The lowest BCUT2D eigenvalue weighted by molar-refractivity contribution is 0.835. The molecule has 1 N–H and O–H groups in total. The summed E-state index contributed by atoms with van der Waals surface area (Å²) in [5.41, 5.74) is 11.3. The summed E-state index contributed by atoms with van der Waals surface area (Å²) < 4.78 is 0. The first-order valence-electron chi connectivity index (χ1n) is 14.8. The minimum Gasteiger partial charge on any atom is -0.361 e. The lowest BCUT2D eigenvalue weighted by Gasteiger charge is -2.19. The first kappa shape index (κ1) is 30.9. The number of aliphatic imine (C=N–C) groups is 1. The lowest BCUT2D eigenvalue weighted by atomic mass is 9.92. The molecule has 210 valence electrons. The van der Waals surface area contributed by atoms with Crippen molar-refractivity contribution in [2.45, 2.75) is 86.0 Å². The summed E-state index contributed by atoms with van der Waals surface area (Å²) in [6.07, 6.45) is 10.6. The van der Waals surface area contributed by atoms with Crippen molar-refractivity contribution in [1.29, 1.82) is 0 Å². The van der Waals surface area contributed by atoms with Gasteiger partial charge in [-0.3, -0.25) is 4.99 Å². The van der Waals surface area contributed by atoms with Crippen molar-refractivity contribution in [2.75, 3.05) is 5.32 Å². The fourth-order valence-electron chi connectivity index (χ4n) is 4.89. The van der Waals surface area contributed by atoms with Gasteiger partial charge in [0.25, 0.3) is 0 Å². The molecule has 0 atom stereocenters. The average Bonchev–Trinajstić information content (AvgIpc) is 3.38. The van der Waals surface area contributed by atoms with E-state index in [4.69, 9.17) is 4.99 Å². The molecule has 3 aromatic carbocycles. The van der Waals surface area contributed by atoms with E-state index in [1.807, 2.05) is 24.4 Å². The van der Waals surface area contributed by atoms with Crippen molar-refractivity contribution in [2.24, 2.45) is 4.99 Å². The summed E-state index contributed by atoms with van der Waals surface area (Å²) in [6.45, 7) is 20.1. The van der Waals surface area contributed by atoms with Gasteiger partial charge in [-0.05, 0) is 58.4 Å². The Hall–Kier alpha value is -3.65. The fourth-order valence-corrected chi connectivity index (χ4v) is 4.89. The molecule has 2 heteroatoms. The zero-order valence-corrected chi connectivity index (χ0v) is 26.0. The molecule has 0 bridgehead atoms. The summed E-state index contributed by atoms with van der Waals surface area (Å²) in [7, 11) is 0. The molecule has 1 aliphatic rings. The van der Waals surface area contributed by atoms with Crippen LogP contribution in [0.2, 0.25) is 0 Å². The molecule has 40 heavy (non-hydrogen) atoms. The van der Waals surface area contributed by atoms with Gasteiger partial charge in [0.2, 0.25) is 0 Å². The van der Waals surface area contributed by atoms with Crippen LogP contribution < -0.4 is 5.32 Å². The number of hydrogen-bond acceptors (Lipinski definition) is 2. The Balaban J connectivity index is 0.000000547. The first-order valence-corrected chi connectivity index (χ1v) is 14.8. The van der Waals surface area contributed by atoms with Gasteiger partial charge >= 0.3 is 0 Å². The van der Waals surface area contributed by atoms with E-state index in [9.17, 15) is 0 Å². The largest absolute Gasteiger partial charge is 0.361 e. The number of nitrogens with one attached hydrogen (secondary N) is 1. The van der Waals surface area contributed by atoms with E-state index >= 15 is 0 Å². The molecule has 0 aromatic heterocycles. The van der Waals surface area contributed by atoms with Crippen LogP contribution in [0.3, 0.4) is 0 Å². The van der Waals surface area contributed by atoms with Crippen LogP contribution in [0.25, 0.3) is 0 Å². The Kier molecular flexibility index (Phi) is 11.3. The quantitative estimate of drug-likeness (QED) is 0.287. The number of hydrogen-bond donors (Lipinski definition) is 1. The summed E-state index contributed by atoms with van der Waals surface area (Å²) in [5.74, 6) is 1.79. The van der Waals surface area contributed by atoms with Crippen LogP contribution in [0.15, 0.2) is 107 Å². The predicted octanol–water partition coefficient (Wildman–Crippen LogP) is 11.4. The maximum atomic E-state index is 5.03. The second-order valence-electron chi connectivity index (χ2n) is 11.9. The Labute approximate surface area is 243 Å². The number of benzene rings is 3. The molecule has 0 radical (unpaired) electrons. The van der Waals surface area contributed by atoms with E-state index in [0.29, 0.717) is 23.7 Å². The lowest BCUT2D eigenvalue weighted by Crippen LogP contribution is -2.04. The summed E-state index contributed by atoms with van der Waals surface area (Å²) in [6, 6.07) is 23.5. The zero-order valence-electron chi connectivity index (χ0n) is 26.0. The number of nitrogens with zero attached hydrogens (tertiary/aromatic N) is 1. The highest BCUT2D eigenvalue weighted by molar-refractivity contribution is 5.90. The molecule has 0 heterocycles. The Morgan fingerprint density at radius 2 is 1.12 bits per heavy atom. The Morgan fingerprint density at radius 3 is 1.57 bits per heavy atom. The molecule has 1 aliphatic carbocycles. The third kappa shape index (κ3) is 8.18. The average molecular weight is 533 g/mol. The Morgan fingerprint density at radius 1 is 0.625 bits per heavy atom. The number of rotatable bonds is 8. The van der Waals surface area contributed by atoms with Crippen molar-refractivity contribution in [1.82, 2.24) is 0 Å². The zero-order chi connectivity index (χ0) is 29.2. The van der Waals surface area contributed by atoms with E-state index in [1.165, 1.54) is 33.5 Å². The summed E-state index contributed by atoms with van der Waals surface area (Å²) in [4.78, 5) is 5.03. The van der Waals surface area contributed by atoms with Gasteiger partial charge in [0.15, 0.2) is 0 Å². The van der Waals surface area contributed by atoms with Gasteiger partial charge in [-0.25, -0.2) is 0 Å². The number of aryl methyl sites for hydroxylation is 1. The second-order valence-corrected chi connectivity index (χ2v) is 11.9. The van der Waals surface area contributed by atoms with E-state index < -0.39 is 0 Å². The van der Waals surface area contributed by atoms with Crippen LogP contribution in [0.4, 0.5) is 11.4 Å². The van der Waals surface area contributed by atoms with Gasteiger partial charge < -0.3 is 5.32 Å². The minimum atomic E-state index is 0.435. The van der Waals surface area contributed by atoms with Crippen molar-refractivity contribution in [3.05, 3.63) is 130 Å². The van der Waals surface area contributed by atoms with E-state index in [1.54, 1.807) is 0 Å². The van der Waals surface area contributed by atoms with Crippen LogP contribution in [0.1, 0.15) is 107 Å². The van der Waals surface area contributed by atoms with Gasteiger partial charge in [-0.1, -0.05) is 146 Å². The van der Waals surface area contributed by atoms with Gasteiger partial charge in [0, 0.05) is 23.7 Å². The third-order valence-corrected chi connectivity index (χ3v) is 7.25. The maximum Gasteiger partial charge on any atom is 0.0699 e. The van der Waals surface area contributed by atoms with Crippen LogP contribution in [0, 0.1) is 6.92 Å². The van der Waals surface area contributed by atoms with E-state index in [2.05, 4.69) is 141 Å². The Bertz CT molecular complexity index is 1310. The van der Waals surface area contributed by atoms with Gasteiger partial charge in [0.05, 0.1) is 5.69 Å². The van der Waals surface area contributed by atoms with Gasteiger partial charge in [-0.15, -0.1) is 0 Å². The number of allylic oxidation sites excluding steroid dienone is 5. The first-order chi connectivity index (χ1) is 19.1. The second kappa shape index (κ2) is 14.7. The predicted molar refractivity (Wildman–Crippen MR) is 177 cm³/mol. The highest BCUT2D eigenvalue weighted by atomic mass is 14.9. The SMILES string of the molecule is CC(C)c1cccc(C(C)C)c1N=CC1=CC=C/C1=C/Nc1c(C(C)C)cccc1C(C)C.Cc1ccccc1. The smallest absolute Gasteiger partial charge is 0.0699 e. The molecule has 0 saturated heterocycles. The number of anilines is 1. The van der Waals surface area contributed by atoms with Crippen LogP contribution in [-0.4, -0.2) is 6.21 Å². The molecule has 0 unspecified atom stereocenters. The molecule has 3 aromatic rings. The molecule has 0 saturated carbocycles. The fraction of sp³-hybridized carbons (Fsp3) is 0.342. The summed E-state index contributed by atoms with van der Waals surface area (Å²) >= 11 is 0. The van der Waals surface area contributed by atoms with Crippen LogP contribution in [-0.2, 0) is 0 Å². The molecule has 2 nitrogen and oxygen atoms in total. The molecule has 0 aliphatic heterocycles. The monoisotopic (exact) mass is 532 g/mol.